The molecule has 16 heavy (non-hydrogen) atoms. The molecule has 1 aromatic rings. The standard InChI is InChI=1S/C11H16N2S.C2H6/c1-3-5-10-8(2)13-11(14-10)9-6-4-7-12-9;1-2/h3,5,9,12H,4,6-7H2,1-2H3;1-2H3/b5-3-;. The molecular weight excluding hydrogens is 216 g/mol. The molecule has 1 N–H and O–H groups in total. The van der Waals surface area contributed by atoms with Gasteiger partial charge < -0.3 is 5.32 Å². The maximum Gasteiger partial charge on any atom is 0.110 e. The fraction of sp³-hybridized carbons (Fsp3) is 0.615. The van der Waals surface area contributed by atoms with Crippen molar-refractivity contribution in [3.8, 4) is 0 Å². The Bertz CT molecular complexity index is 336. The number of hydrogen-bond acceptors (Lipinski definition) is 3. The number of aromatic nitrogens is 1. The van der Waals surface area contributed by atoms with Gasteiger partial charge in [-0.2, -0.15) is 0 Å². The van der Waals surface area contributed by atoms with Crippen molar-refractivity contribution >= 4 is 17.4 Å². The molecule has 0 spiro atoms. The van der Waals surface area contributed by atoms with Crippen molar-refractivity contribution in [3.05, 3.63) is 21.7 Å². The van der Waals surface area contributed by atoms with Crippen LogP contribution in [0.2, 0.25) is 0 Å². The SMILES string of the molecule is C/C=C\c1sc(C2CCCN2)nc1C.CC. The smallest absolute Gasteiger partial charge is 0.110 e. The molecule has 1 atom stereocenters. The summed E-state index contributed by atoms with van der Waals surface area (Å²) in [5, 5.41) is 4.74. The second kappa shape index (κ2) is 6.81. The highest BCUT2D eigenvalue weighted by Crippen LogP contribution is 2.29. The molecule has 2 rings (SSSR count). The molecule has 2 nitrogen and oxygen atoms in total. The molecule has 0 amide bonds. The molecule has 1 aromatic heterocycles. The van der Waals surface area contributed by atoms with Gasteiger partial charge >= 0.3 is 0 Å². The first kappa shape index (κ1) is 13.4. The second-order valence-corrected chi connectivity index (χ2v) is 4.71. The fourth-order valence-electron chi connectivity index (χ4n) is 1.78. The minimum absolute atomic E-state index is 0.512. The van der Waals surface area contributed by atoms with Crippen molar-refractivity contribution in [1.82, 2.24) is 10.3 Å². The number of thiazole rings is 1. The summed E-state index contributed by atoms with van der Waals surface area (Å²) in [5.41, 5.74) is 1.16. The van der Waals surface area contributed by atoms with Gasteiger partial charge in [0.1, 0.15) is 5.01 Å². The van der Waals surface area contributed by atoms with E-state index in [-0.39, 0.29) is 0 Å². The number of rotatable bonds is 2. The molecule has 0 aliphatic carbocycles. The van der Waals surface area contributed by atoms with E-state index in [1.807, 2.05) is 32.1 Å². The van der Waals surface area contributed by atoms with E-state index in [1.54, 1.807) is 0 Å². The zero-order valence-corrected chi connectivity index (χ0v) is 11.5. The Morgan fingerprint density at radius 1 is 1.44 bits per heavy atom. The van der Waals surface area contributed by atoms with Gasteiger partial charge in [0.05, 0.1) is 11.7 Å². The lowest BCUT2D eigenvalue weighted by Crippen LogP contribution is -2.12. The predicted octanol–water partition coefficient (Wildman–Crippen LogP) is 3.94. The van der Waals surface area contributed by atoms with Crippen LogP contribution in [0.5, 0.6) is 0 Å². The van der Waals surface area contributed by atoms with Crippen LogP contribution >= 0.6 is 11.3 Å². The second-order valence-electron chi connectivity index (χ2n) is 3.65. The van der Waals surface area contributed by atoms with E-state index in [0.29, 0.717) is 6.04 Å². The third-order valence-corrected chi connectivity index (χ3v) is 3.76. The van der Waals surface area contributed by atoms with Crippen LogP contribution in [0.15, 0.2) is 6.08 Å². The van der Waals surface area contributed by atoms with E-state index in [0.717, 1.165) is 12.2 Å². The lowest BCUT2D eigenvalue weighted by atomic mass is 10.2. The van der Waals surface area contributed by atoms with E-state index >= 15 is 0 Å². The average molecular weight is 238 g/mol. The summed E-state index contributed by atoms with van der Waals surface area (Å²) in [6, 6.07) is 0.512. The lowest BCUT2D eigenvalue weighted by Gasteiger charge is -2.03. The molecule has 1 aliphatic rings. The van der Waals surface area contributed by atoms with E-state index in [4.69, 9.17) is 0 Å². The van der Waals surface area contributed by atoms with Gasteiger partial charge in [0.2, 0.25) is 0 Å². The highest BCUT2D eigenvalue weighted by molar-refractivity contribution is 7.12. The minimum atomic E-state index is 0.512. The molecule has 1 saturated heterocycles. The largest absolute Gasteiger partial charge is 0.308 e. The number of nitrogens with zero attached hydrogens (tertiary/aromatic N) is 1. The van der Waals surface area contributed by atoms with Gasteiger partial charge in [-0.3, -0.25) is 0 Å². The van der Waals surface area contributed by atoms with Crippen molar-refractivity contribution in [3.63, 3.8) is 0 Å². The molecule has 1 aliphatic heterocycles. The van der Waals surface area contributed by atoms with Crippen molar-refractivity contribution in [2.75, 3.05) is 6.54 Å². The lowest BCUT2D eigenvalue weighted by molar-refractivity contribution is 0.641. The first-order valence-corrected chi connectivity index (χ1v) is 6.96. The van der Waals surface area contributed by atoms with Gasteiger partial charge in [-0.1, -0.05) is 19.9 Å². The topological polar surface area (TPSA) is 24.9 Å². The highest BCUT2D eigenvalue weighted by atomic mass is 32.1. The van der Waals surface area contributed by atoms with E-state index in [1.165, 1.54) is 22.7 Å². The maximum atomic E-state index is 4.62. The Labute approximate surface area is 103 Å². The molecule has 0 aromatic carbocycles. The fourth-order valence-corrected chi connectivity index (χ4v) is 2.93. The molecule has 90 valence electrons. The van der Waals surface area contributed by atoms with Crippen molar-refractivity contribution in [2.45, 2.75) is 46.6 Å². The Morgan fingerprint density at radius 3 is 2.75 bits per heavy atom. The molecule has 0 bridgehead atoms. The van der Waals surface area contributed by atoms with Crippen molar-refractivity contribution < 1.29 is 0 Å². The van der Waals surface area contributed by atoms with Crippen LogP contribution in [-0.2, 0) is 0 Å². The van der Waals surface area contributed by atoms with E-state index in [2.05, 4.69) is 29.4 Å². The minimum Gasteiger partial charge on any atom is -0.308 e. The predicted molar refractivity (Wildman–Crippen MR) is 72.9 cm³/mol. The average Bonchev–Trinajstić information content (AvgIpc) is 2.92. The van der Waals surface area contributed by atoms with E-state index in [9.17, 15) is 0 Å². The van der Waals surface area contributed by atoms with Gasteiger partial charge in [-0.25, -0.2) is 4.98 Å². The zero-order chi connectivity index (χ0) is 12.0. The molecule has 0 saturated carbocycles. The molecule has 2 heterocycles. The van der Waals surface area contributed by atoms with Crippen LogP contribution in [0.1, 0.15) is 55.2 Å². The van der Waals surface area contributed by atoms with Crippen molar-refractivity contribution in [1.29, 1.82) is 0 Å². The van der Waals surface area contributed by atoms with Gasteiger partial charge in [0.15, 0.2) is 0 Å². The summed E-state index contributed by atoms with van der Waals surface area (Å²) in [7, 11) is 0. The van der Waals surface area contributed by atoms with Crippen LogP contribution in [0.3, 0.4) is 0 Å². The van der Waals surface area contributed by atoms with Crippen LogP contribution in [0.25, 0.3) is 6.08 Å². The van der Waals surface area contributed by atoms with Crippen LogP contribution in [0.4, 0.5) is 0 Å². The molecule has 1 unspecified atom stereocenters. The normalized spacial score (nSPS) is 19.9. The summed E-state index contributed by atoms with van der Waals surface area (Å²) in [4.78, 5) is 5.92. The third-order valence-electron chi connectivity index (χ3n) is 2.53. The molecular formula is C13H22N2S. The Hall–Kier alpha value is -0.670. The monoisotopic (exact) mass is 238 g/mol. The molecule has 0 radical (unpaired) electrons. The summed E-state index contributed by atoms with van der Waals surface area (Å²) >= 11 is 1.82. The maximum absolute atomic E-state index is 4.62. The number of aryl methyl sites for hydroxylation is 1. The number of hydrogen-bond donors (Lipinski definition) is 1. The zero-order valence-electron chi connectivity index (χ0n) is 10.7. The van der Waals surface area contributed by atoms with Gasteiger partial charge in [-0.05, 0) is 39.3 Å². The van der Waals surface area contributed by atoms with E-state index < -0.39 is 0 Å². The molecule has 1 fully saturated rings. The van der Waals surface area contributed by atoms with Gasteiger partial charge in [0, 0.05) is 4.88 Å². The molecule has 3 heteroatoms. The number of allylic oxidation sites excluding steroid dienone is 1. The summed E-state index contributed by atoms with van der Waals surface area (Å²) in [6.45, 7) is 9.28. The van der Waals surface area contributed by atoms with Gasteiger partial charge in [0.25, 0.3) is 0 Å². The third kappa shape index (κ3) is 3.16. The Balaban J connectivity index is 0.000000606. The van der Waals surface area contributed by atoms with Crippen LogP contribution in [0, 0.1) is 6.92 Å². The van der Waals surface area contributed by atoms with Crippen LogP contribution < -0.4 is 5.32 Å². The Morgan fingerprint density at radius 2 is 2.19 bits per heavy atom. The quantitative estimate of drug-likeness (QED) is 0.844. The first-order chi connectivity index (χ1) is 7.81. The van der Waals surface area contributed by atoms with Crippen molar-refractivity contribution in [2.24, 2.45) is 0 Å². The summed E-state index contributed by atoms with van der Waals surface area (Å²) in [6.07, 6.45) is 6.74. The summed E-state index contributed by atoms with van der Waals surface area (Å²) < 4.78 is 0. The van der Waals surface area contributed by atoms with Gasteiger partial charge in [-0.15, -0.1) is 11.3 Å². The van der Waals surface area contributed by atoms with Crippen LogP contribution in [-0.4, -0.2) is 11.5 Å². The number of nitrogens with one attached hydrogen (secondary N) is 1. The highest BCUT2D eigenvalue weighted by Gasteiger charge is 2.20. The first-order valence-electron chi connectivity index (χ1n) is 6.14. The Kier molecular flexibility index (Phi) is 5.71. The summed E-state index contributed by atoms with van der Waals surface area (Å²) in [5.74, 6) is 0.